The van der Waals surface area contributed by atoms with E-state index in [2.05, 4.69) is 36.3 Å². The Morgan fingerprint density at radius 3 is 2.78 bits per heavy atom. The maximum Gasteiger partial charge on any atom is 0.0632 e. The van der Waals surface area contributed by atoms with Gasteiger partial charge in [-0.15, -0.1) is 0 Å². The first-order valence-corrected chi connectivity index (χ1v) is 6.81. The largest absolute Gasteiger partial charge is 0.378 e. The summed E-state index contributed by atoms with van der Waals surface area (Å²) in [7, 11) is 2.15. The highest BCUT2D eigenvalue weighted by Crippen LogP contribution is 2.20. The van der Waals surface area contributed by atoms with Crippen LogP contribution in [0, 0.1) is 0 Å². The molecule has 1 N–H and O–H groups in total. The van der Waals surface area contributed by atoms with E-state index in [1.54, 1.807) is 0 Å². The van der Waals surface area contributed by atoms with Gasteiger partial charge in [-0.25, -0.2) is 0 Å². The number of hydrogen-bond donors (Lipinski definition) is 1. The van der Waals surface area contributed by atoms with Gasteiger partial charge in [-0.1, -0.05) is 23.7 Å². The molecule has 100 valence electrons. The Labute approximate surface area is 114 Å². The number of likely N-dealkylation sites (N-methyl/N-ethyl adjacent to an activating group) is 1. The number of rotatable bonds is 4. The molecule has 1 fully saturated rings. The molecule has 0 radical (unpaired) electrons. The monoisotopic (exact) mass is 268 g/mol. The van der Waals surface area contributed by atoms with E-state index in [1.807, 2.05) is 12.1 Å². The third-order valence-electron chi connectivity index (χ3n) is 3.52. The number of nitrogens with zero attached hydrogens (tertiary/aromatic N) is 1. The first-order valence-electron chi connectivity index (χ1n) is 6.43. The number of halogens is 1. The SMILES string of the molecule is CC(c1ccc(Cl)cc1)N(C)CC1COCCN1. The lowest BCUT2D eigenvalue weighted by Crippen LogP contribution is -2.48. The number of nitrogens with one attached hydrogen (secondary N) is 1. The van der Waals surface area contributed by atoms with Crippen molar-refractivity contribution in [1.29, 1.82) is 0 Å². The molecular formula is C14H21ClN2O. The minimum absolute atomic E-state index is 0.381. The predicted octanol–water partition coefficient (Wildman–Crippen LogP) is 2.32. The van der Waals surface area contributed by atoms with Crippen molar-refractivity contribution in [3.63, 3.8) is 0 Å². The Morgan fingerprint density at radius 1 is 1.44 bits per heavy atom. The lowest BCUT2D eigenvalue weighted by Gasteiger charge is -2.31. The fourth-order valence-electron chi connectivity index (χ4n) is 2.24. The lowest BCUT2D eigenvalue weighted by molar-refractivity contribution is 0.0605. The third-order valence-corrected chi connectivity index (χ3v) is 3.77. The second-order valence-electron chi connectivity index (χ2n) is 4.89. The van der Waals surface area contributed by atoms with E-state index < -0.39 is 0 Å². The maximum atomic E-state index is 5.91. The molecule has 3 nitrogen and oxygen atoms in total. The molecule has 1 heterocycles. The van der Waals surface area contributed by atoms with Crippen LogP contribution in [-0.2, 0) is 4.74 Å². The van der Waals surface area contributed by atoms with Crippen LogP contribution in [0.25, 0.3) is 0 Å². The second-order valence-corrected chi connectivity index (χ2v) is 5.33. The Kier molecular flexibility index (Phi) is 5.01. The quantitative estimate of drug-likeness (QED) is 0.907. The summed E-state index contributed by atoms with van der Waals surface area (Å²) < 4.78 is 5.48. The molecular weight excluding hydrogens is 248 g/mol. The maximum absolute atomic E-state index is 5.91. The third kappa shape index (κ3) is 3.69. The molecule has 4 heteroatoms. The van der Waals surface area contributed by atoms with E-state index in [1.165, 1.54) is 5.56 Å². The number of hydrogen-bond acceptors (Lipinski definition) is 3. The molecule has 1 saturated heterocycles. The van der Waals surface area contributed by atoms with E-state index in [-0.39, 0.29) is 0 Å². The van der Waals surface area contributed by atoms with Gasteiger partial charge in [0, 0.05) is 30.2 Å². The van der Waals surface area contributed by atoms with Gasteiger partial charge in [-0.2, -0.15) is 0 Å². The van der Waals surface area contributed by atoms with Gasteiger partial charge in [0.05, 0.1) is 13.2 Å². The fraction of sp³-hybridized carbons (Fsp3) is 0.571. The summed E-state index contributed by atoms with van der Waals surface area (Å²) in [5.74, 6) is 0. The summed E-state index contributed by atoms with van der Waals surface area (Å²) in [4.78, 5) is 2.34. The molecule has 2 atom stereocenters. The van der Waals surface area contributed by atoms with E-state index in [0.29, 0.717) is 12.1 Å². The van der Waals surface area contributed by atoms with Crippen molar-refractivity contribution < 1.29 is 4.74 Å². The molecule has 0 bridgehead atoms. The van der Waals surface area contributed by atoms with Crippen LogP contribution >= 0.6 is 11.6 Å². The first-order chi connectivity index (χ1) is 8.66. The summed E-state index contributed by atoms with van der Waals surface area (Å²) >= 11 is 5.91. The van der Waals surface area contributed by atoms with Crippen molar-refractivity contribution in [2.24, 2.45) is 0 Å². The Bertz CT molecular complexity index is 363. The van der Waals surface area contributed by atoms with Gasteiger partial charge < -0.3 is 10.1 Å². The second kappa shape index (κ2) is 6.53. The van der Waals surface area contributed by atoms with Crippen LogP contribution in [0.5, 0.6) is 0 Å². The zero-order chi connectivity index (χ0) is 13.0. The number of benzene rings is 1. The van der Waals surface area contributed by atoms with E-state index in [9.17, 15) is 0 Å². The van der Waals surface area contributed by atoms with Crippen molar-refractivity contribution in [3.8, 4) is 0 Å². The molecule has 0 saturated carbocycles. The van der Waals surface area contributed by atoms with Gasteiger partial charge >= 0.3 is 0 Å². The van der Waals surface area contributed by atoms with E-state index in [4.69, 9.17) is 16.3 Å². The van der Waals surface area contributed by atoms with Crippen LogP contribution in [0.4, 0.5) is 0 Å². The molecule has 0 aliphatic carbocycles. The molecule has 2 unspecified atom stereocenters. The number of morpholine rings is 1. The predicted molar refractivity (Wildman–Crippen MR) is 75.1 cm³/mol. The summed E-state index contributed by atoms with van der Waals surface area (Å²) in [6.07, 6.45) is 0. The van der Waals surface area contributed by atoms with Crippen LogP contribution in [0.1, 0.15) is 18.5 Å². The molecule has 2 rings (SSSR count). The van der Waals surface area contributed by atoms with Gasteiger partial charge in [0.2, 0.25) is 0 Å². The molecule has 0 spiro atoms. The summed E-state index contributed by atoms with van der Waals surface area (Å²) in [5, 5.41) is 4.27. The van der Waals surface area contributed by atoms with Gasteiger partial charge in [-0.3, -0.25) is 4.90 Å². The highest BCUT2D eigenvalue weighted by Gasteiger charge is 2.18. The summed E-state index contributed by atoms with van der Waals surface area (Å²) in [5.41, 5.74) is 1.29. The molecule has 1 aromatic rings. The summed E-state index contributed by atoms with van der Waals surface area (Å²) in [6.45, 7) is 5.79. The molecule has 1 aromatic carbocycles. The van der Waals surface area contributed by atoms with Crippen molar-refractivity contribution >= 4 is 11.6 Å². The summed E-state index contributed by atoms with van der Waals surface area (Å²) in [6, 6.07) is 8.89. The Hall–Kier alpha value is -0.610. The van der Waals surface area contributed by atoms with Crippen molar-refractivity contribution in [2.45, 2.75) is 19.0 Å². The van der Waals surface area contributed by atoms with Gasteiger partial charge in [0.1, 0.15) is 0 Å². The van der Waals surface area contributed by atoms with Gasteiger partial charge in [0.15, 0.2) is 0 Å². The normalized spacial score (nSPS) is 22.1. The van der Waals surface area contributed by atoms with Crippen molar-refractivity contribution in [2.75, 3.05) is 33.4 Å². The van der Waals surface area contributed by atoms with Gasteiger partial charge in [0.25, 0.3) is 0 Å². The molecule has 1 aliphatic heterocycles. The Balaban J connectivity index is 1.91. The topological polar surface area (TPSA) is 24.5 Å². The van der Waals surface area contributed by atoms with Crippen LogP contribution in [0.2, 0.25) is 5.02 Å². The highest BCUT2D eigenvalue weighted by molar-refractivity contribution is 6.30. The minimum atomic E-state index is 0.381. The highest BCUT2D eigenvalue weighted by atomic mass is 35.5. The lowest BCUT2D eigenvalue weighted by atomic mass is 10.1. The zero-order valence-corrected chi connectivity index (χ0v) is 11.8. The average molecular weight is 269 g/mol. The fourth-order valence-corrected chi connectivity index (χ4v) is 2.36. The molecule has 0 aromatic heterocycles. The van der Waals surface area contributed by atoms with E-state index >= 15 is 0 Å². The van der Waals surface area contributed by atoms with Crippen LogP contribution < -0.4 is 5.32 Å². The van der Waals surface area contributed by atoms with Crippen LogP contribution in [-0.4, -0.2) is 44.3 Å². The molecule has 0 amide bonds. The smallest absolute Gasteiger partial charge is 0.0632 e. The van der Waals surface area contributed by atoms with Gasteiger partial charge in [-0.05, 0) is 31.7 Å². The standard InChI is InChI=1S/C14H21ClN2O/c1-11(12-3-5-13(15)6-4-12)17(2)9-14-10-18-8-7-16-14/h3-6,11,14,16H,7-10H2,1-2H3. The number of ether oxygens (including phenoxy) is 1. The van der Waals surface area contributed by atoms with Crippen LogP contribution in [0.15, 0.2) is 24.3 Å². The Morgan fingerprint density at radius 2 is 2.17 bits per heavy atom. The van der Waals surface area contributed by atoms with Crippen molar-refractivity contribution in [3.05, 3.63) is 34.9 Å². The minimum Gasteiger partial charge on any atom is -0.378 e. The van der Waals surface area contributed by atoms with Crippen molar-refractivity contribution in [1.82, 2.24) is 10.2 Å². The molecule has 1 aliphatic rings. The van der Waals surface area contributed by atoms with Crippen LogP contribution in [0.3, 0.4) is 0 Å². The first kappa shape index (κ1) is 13.8. The molecule has 18 heavy (non-hydrogen) atoms. The average Bonchev–Trinajstić information content (AvgIpc) is 2.40. The zero-order valence-electron chi connectivity index (χ0n) is 11.0. The van der Waals surface area contributed by atoms with E-state index in [0.717, 1.165) is 31.3 Å².